The van der Waals surface area contributed by atoms with Gasteiger partial charge in [-0.3, -0.25) is 4.68 Å². The molecule has 0 aliphatic rings. The molecule has 0 fully saturated rings. The molecule has 2 heterocycles. The number of ether oxygens (including phenoxy) is 1. The first-order valence-corrected chi connectivity index (χ1v) is 8.37. The maximum absolute atomic E-state index is 6.37. The Labute approximate surface area is 135 Å². The van der Waals surface area contributed by atoms with Gasteiger partial charge in [-0.1, -0.05) is 18.5 Å². The second-order valence-corrected chi connectivity index (χ2v) is 6.35. The minimum atomic E-state index is 0.195. The summed E-state index contributed by atoms with van der Waals surface area (Å²) in [5.41, 5.74) is 2.09. The SMILES string of the molecule is CCCNC(Cc1c(C)nn(C)c1Cl)c1sccc1OC. The summed E-state index contributed by atoms with van der Waals surface area (Å²) in [6, 6.07) is 2.21. The van der Waals surface area contributed by atoms with E-state index >= 15 is 0 Å². The normalized spacial score (nSPS) is 12.6. The number of aromatic nitrogens is 2. The van der Waals surface area contributed by atoms with E-state index in [1.54, 1.807) is 23.1 Å². The van der Waals surface area contributed by atoms with Crippen LogP contribution in [-0.2, 0) is 13.5 Å². The second kappa shape index (κ2) is 7.29. The van der Waals surface area contributed by atoms with Gasteiger partial charge >= 0.3 is 0 Å². The Hall–Kier alpha value is -1.04. The molecule has 1 unspecified atom stereocenters. The van der Waals surface area contributed by atoms with E-state index in [9.17, 15) is 0 Å². The topological polar surface area (TPSA) is 39.1 Å². The van der Waals surface area contributed by atoms with E-state index in [-0.39, 0.29) is 6.04 Å². The van der Waals surface area contributed by atoms with Gasteiger partial charge in [0.1, 0.15) is 10.9 Å². The molecule has 2 aromatic heterocycles. The Morgan fingerprint density at radius 3 is 2.86 bits per heavy atom. The number of nitrogens with zero attached hydrogens (tertiary/aromatic N) is 2. The highest BCUT2D eigenvalue weighted by atomic mass is 35.5. The highest BCUT2D eigenvalue weighted by Gasteiger charge is 2.21. The summed E-state index contributed by atoms with van der Waals surface area (Å²) in [6.45, 7) is 5.13. The van der Waals surface area contributed by atoms with Crippen LogP contribution in [0.1, 0.15) is 35.5 Å². The summed E-state index contributed by atoms with van der Waals surface area (Å²) < 4.78 is 7.20. The van der Waals surface area contributed by atoms with Crippen molar-refractivity contribution >= 4 is 22.9 Å². The molecule has 0 aliphatic carbocycles. The summed E-state index contributed by atoms with van der Waals surface area (Å²) in [4.78, 5) is 1.21. The van der Waals surface area contributed by atoms with Crippen LogP contribution in [0.15, 0.2) is 11.4 Å². The molecule has 1 N–H and O–H groups in total. The zero-order valence-corrected chi connectivity index (χ0v) is 14.5. The highest BCUT2D eigenvalue weighted by Crippen LogP contribution is 2.34. The van der Waals surface area contributed by atoms with Crippen molar-refractivity contribution in [2.45, 2.75) is 32.7 Å². The predicted molar refractivity (Wildman–Crippen MR) is 88.6 cm³/mol. The quantitative estimate of drug-likeness (QED) is 0.842. The Morgan fingerprint density at radius 1 is 1.52 bits per heavy atom. The molecule has 0 saturated carbocycles. The van der Waals surface area contributed by atoms with Crippen LogP contribution in [0, 0.1) is 6.92 Å². The predicted octanol–water partition coefficient (Wildman–Crippen LogP) is 3.74. The molecule has 4 nitrogen and oxygen atoms in total. The fourth-order valence-electron chi connectivity index (χ4n) is 2.42. The van der Waals surface area contributed by atoms with Gasteiger partial charge in [-0.2, -0.15) is 5.10 Å². The first kappa shape index (κ1) is 16.3. The molecule has 1 atom stereocenters. The van der Waals surface area contributed by atoms with E-state index in [2.05, 4.69) is 22.7 Å². The van der Waals surface area contributed by atoms with Gasteiger partial charge in [-0.05, 0) is 37.8 Å². The minimum absolute atomic E-state index is 0.195. The van der Waals surface area contributed by atoms with Gasteiger partial charge in [0, 0.05) is 18.7 Å². The fraction of sp³-hybridized carbons (Fsp3) is 0.533. The largest absolute Gasteiger partial charge is 0.496 e. The Bertz CT molecular complexity index is 594. The summed E-state index contributed by atoms with van der Waals surface area (Å²) >= 11 is 8.08. The molecule has 116 valence electrons. The number of hydrogen-bond acceptors (Lipinski definition) is 4. The molecule has 0 radical (unpaired) electrons. The zero-order chi connectivity index (χ0) is 15.4. The molecule has 0 saturated heterocycles. The lowest BCUT2D eigenvalue weighted by atomic mass is 10.0. The van der Waals surface area contributed by atoms with E-state index in [1.807, 2.05) is 20.0 Å². The zero-order valence-electron chi connectivity index (χ0n) is 12.9. The average Bonchev–Trinajstić information content (AvgIpc) is 3.02. The molecule has 21 heavy (non-hydrogen) atoms. The van der Waals surface area contributed by atoms with Crippen LogP contribution >= 0.6 is 22.9 Å². The lowest BCUT2D eigenvalue weighted by Crippen LogP contribution is -2.24. The molecular weight excluding hydrogens is 306 g/mol. The van der Waals surface area contributed by atoms with Gasteiger partial charge in [-0.25, -0.2) is 0 Å². The molecule has 0 aliphatic heterocycles. The van der Waals surface area contributed by atoms with Gasteiger partial charge in [0.15, 0.2) is 0 Å². The van der Waals surface area contributed by atoms with Crippen LogP contribution in [0.5, 0.6) is 5.75 Å². The lowest BCUT2D eigenvalue weighted by molar-refractivity contribution is 0.402. The van der Waals surface area contributed by atoms with E-state index in [0.29, 0.717) is 5.15 Å². The Balaban J connectivity index is 2.28. The van der Waals surface area contributed by atoms with Gasteiger partial charge in [0.05, 0.1) is 17.7 Å². The van der Waals surface area contributed by atoms with Crippen molar-refractivity contribution < 1.29 is 4.74 Å². The third-order valence-corrected chi connectivity index (χ3v) is 5.00. The first-order valence-electron chi connectivity index (χ1n) is 7.11. The van der Waals surface area contributed by atoms with Crippen molar-refractivity contribution in [2.24, 2.45) is 7.05 Å². The molecular formula is C15H22ClN3OS. The average molecular weight is 328 g/mol. The van der Waals surface area contributed by atoms with Crippen molar-refractivity contribution in [3.05, 3.63) is 32.7 Å². The summed E-state index contributed by atoms with van der Waals surface area (Å²) in [6.07, 6.45) is 1.90. The maximum Gasteiger partial charge on any atom is 0.134 e. The molecule has 6 heteroatoms. The van der Waals surface area contributed by atoms with E-state index < -0.39 is 0 Å². The molecule has 0 bridgehead atoms. The van der Waals surface area contributed by atoms with Crippen LogP contribution in [0.2, 0.25) is 5.15 Å². The van der Waals surface area contributed by atoms with Crippen molar-refractivity contribution in [3.8, 4) is 5.75 Å². The van der Waals surface area contributed by atoms with Gasteiger partial charge in [-0.15, -0.1) is 11.3 Å². The number of rotatable bonds is 7. The molecule has 2 rings (SSSR count). The van der Waals surface area contributed by atoms with E-state index in [0.717, 1.165) is 36.4 Å². The molecule has 0 spiro atoms. The number of halogens is 1. The van der Waals surface area contributed by atoms with Gasteiger partial charge in [0.25, 0.3) is 0 Å². The standard InChI is InChI=1S/C15H22ClN3OS/c1-5-7-17-12(14-13(20-4)6-8-21-14)9-11-10(2)18-19(3)15(11)16/h6,8,12,17H,5,7,9H2,1-4H3. The molecule has 2 aromatic rings. The number of methoxy groups -OCH3 is 1. The Morgan fingerprint density at radius 2 is 2.29 bits per heavy atom. The number of aryl methyl sites for hydroxylation is 2. The van der Waals surface area contributed by atoms with Crippen LogP contribution in [0.25, 0.3) is 0 Å². The third kappa shape index (κ3) is 3.59. The van der Waals surface area contributed by atoms with Crippen LogP contribution < -0.4 is 10.1 Å². The summed E-state index contributed by atoms with van der Waals surface area (Å²) in [5, 5.41) is 10.8. The van der Waals surface area contributed by atoms with Gasteiger partial charge < -0.3 is 10.1 Å². The Kier molecular flexibility index (Phi) is 5.67. The van der Waals surface area contributed by atoms with Crippen molar-refractivity contribution in [3.63, 3.8) is 0 Å². The fourth-order valence-corrected chi connectivity index (χ4v) is 3.61. The number of hydrogen-bond donors (Lipinski definition) is 1. The summed E-state index contributed by atoms with van der Waals surface area (Å²) in [5.74, 6) is 0.936. The van der Waals surface area contributed by atoms with E-state index in [4.69, 9.17) is 16.3 Å². The van der Waals surface area contributed by atoms with Crippen LogP contribution in [0.3, 0.4) is 0 Å². The molecule has 0 amide bonds. The maximum atomic E-state index is 6.37. The molecule has 0 aromatic carbocycles. The number of thiophene rings is 1. The van der Waals surface area contributed by atoms with Crippen molar-refractivity contribution in [1.82, 2.24) is 15.1 Å². The minimum Gasteiger partial charge on any atom is -0.496 e. The third-order valence-electron chi connectivity index (χ3n) is 3.51. The second-order valence-electron chi connectivity index (χ2n) is 5.04. The lowest BCUT2D eigenvalue weighted by Gasteiger charge is -2.18. The van der Waals surface area contributed by atoms with Crippen LogP contribution in [0.4, 0.5) is 0 Å². The highest BCUT2D eigenvalue weighted by molar-refractivity contribution is 7.10. The number of nitrogens with one attached hydrogen (secondary N) is 1. The van der Waals surface area contributed by atoms with Crippen molar-refractivity contribution in [1.29, 1.82) is 0 Å². The smallest absolute Gasteiger partial charge is 0.134 e. The van der Waals surface area contributed by atoms with Gasteiger partial charge in [0.2, 0.25) is 0 Å². The van der Waals surface area contributed by atoms with Crippen molar-refractivity contribution in [2.75, 3.05) is 13.7 Å². The van der Waals surface area contributed by atoms with Crippen LogP contribution in [-0.4, -0.2) is 23.4 Å². The monoisotopic (exact) mass is 327 g/mol. The van der Waals surface area contributed by atoms with E-state index in [1.165, 1.54) is 4.88 Å². The first-order chi connectivity index (χ1) is 10.1. The summed E-state index contributed by atoms with van der Waals surface area (Å²) in [7, 11) is 3.59.